The van der Waals surface area contributed by atoms with Crippen LogP contribution in [0.4, 0.5) is 10.1 Å². The lowest BCUT2D eigenvalue weighted by Crippen LogP contribution is -2.42. The van der Waals surface area contributed by atoms with Crippen LogP contribution in [-0.4, -0.2) is 30.9 Å². The summed E-state index contributed by atoms with van der Waals surface area (Å²) in [6.07, 6.45) is 0.495. The maximum Gasteiger partial charge on any atom is 0.126 e. The molecule has 0 spiro atoms. The molecule has 3 nitrogen and oxygen atoms in total. The Morgan fingerprint density at radius 3 is 2.89 bits per heavy atom. The van der Waals surface area contributed by atoms with Crippen molar-refractivity contribution >= 4 is 5.69 Å². The molecule has 0 aliphatic carbocycles. The predicted octanol–water partition coefficient (Wildman–Crippen LogP) is 2.80. The van der Waals surface area contributed by atoms with Gasteiger partial charge in [0.1, 0.15) is 5.82 Å². The Balaban J connectivity index is 2.34. The maximum absolute atomic E-state index is 13.7. The summed E-state index contributed by atoms with van der Waals surface area (Å²) >= 11 is 0. The average Bonchev–Trinajstić information content (AvgIpc) is 2.41. The molecule has 2 atom stereocenters. The largest absolute Gasteiger partial charge is 0.389 e. The molecule has 1 saturated heterocycles. The molecule has 1 heterocycles. The van der Waals surface area contributed by atoms with Crippen LogP contribution in [0.25, 0.3) is 0 Å². The van der Waals surface area contributed by atoms with Crippen LogP contribution in [0, 0.1) is 12.7 Å². The van der Waals surface area contributed by atoms with Gasteiger partial charge in [0.15, 0.2) is 0 Å². The number of aliphatic hydroxyl groups excluding tert-OH is 1. The normalized spacial score (nSPS) is 21.5. The monoisotopic (exact) mass is 267 g/mol. The van der Waals surface area contributed by atoms with Gasteiger partial charge in [-0.05, 0) is 38.0 Å². The molecule has 1 aromatic carbocycles. The Hall–Kier alpha value is -1.13. The molecule has 2 rings (SSSR count). The summed E-state index contributed by atoms with van der Waals surface area (Å²) in [5.74, 6) is -0.264. The first-order valence-corrected chi connectivity index (χ1v) is 6.87. The van der Waals surface area contributed by atoms with E-state index < -0.39 is 6.10 Å². The fourth-order valence-corrected chi connectivity index (χ4v) is 2.48. The highest BCUT2D eigenvalue weighted by Gasteiger charge is 2.23. The molecule has 1 aliphatic rings. The number of rotatable bonds is 3. The van der Waals surface area contributed by atoms with Crippen LogP contribution in [0.15, 0.2) is 12.1 Å². The van der Waals surface area contributed by atoms with Gasteiger partial charge in [-0.1, -0.05) is 6.92 Å². The fourth-order valence-electron chi connectivity index (χ4n) is 2.48. The summed E-state index contributed by atoms with van der Waals surface area (Å²) in [6.45, 7) is 7.77. The van der Waals surface area contributed by atoms with Crippen molar-refractivity contribution in [1.82, 2.24) is 0 Å². The number of aliphatic hydroxyl groups is 1. The lowest BCUT2D eigenvalue weighted by molar-refractivity contribution is 0.0382. The number of aryl methyl sites for hydroxylation is 1. The Morgan fingerprint density at radius 1 is 1.53 bits per heavy atom. The zero-order valence-electron chi connectivity index (χ0n) is 11.8. The Morgan fingerprint density at radius 2 is 2.26 bits per heavy atom. The summed E-state index contributed by atoms with van der Waals surface area (Å²) in [5, 5.41) is 9.85. The van der Waals surface area contributed by atoms with Crippen molar-refractivity contribution in [2.75, 3.05) is 24.6 Å². The minimum absolute atomic E-state index is 0.209. The van der Waals surface area contributed by atoms with E-state index in [1.54, 1.807) is 13.8 Å². The molecular weight excluding hydrogens is 245 g/mol. The summed E-state index contributed by atoms with van der Waals surface area (Å²) in [6, 6.07) is 3.28. The molecule has 19 heavy (non-hydrogen) atoms. The minimum Gasteiger partial charge on any atom is -0.389 e. The third kappa shape index (κ3) is 3.07. The third-order valence-electron chi connectivity index (χ3n) is 3.69. The molecule has 1 aromatic rings. The van der Waals surface area contributed by atoms with Crippen molar-refractivity contribution < 1.29 is 14.2 Å². The number of ether oxygens (including phenoxy) is 1. The average molecular weight is 267 g/mol. The molecule has 4 heteroatoms. The summed E-state index contributed by atoms with van der Waals surface area (Å²) < 4.78 is 19.3. The summed E-state index contributed by atoms with van der Waals surface area (Å²) in [4.78, 5) is 2.19. The smallest absolute Gasteiger partial charge is 0.126 e. The van der Waals surface area contributed by atoms with Gasteiger partial charge in [-0.3, -0.25) is 0 Å². The predicted molar refractivity (Wildman–Crippen MR) is 74.0 cm³/mol. The van der Waals surface area contributed by atoms with Gasteiger partial charge in [-0.15, -0.1) is 0 Å². The Labute approximate surface area is 114 Å². The first-order valence-electron chi connectivity index (χ1n) is 6.87. The molecule has 1 aliphatic heterocycles. The second-order valence-corrected chi connectivity index (χ2v) is 5.18. The van der Waals surface area contributed by atoms with Crippen molar-refractivity contribution in [2.24, 2.45) is 0 Å². The lowest BCUT2D eigenvalue weighted by Gasteiger charge is -2.36. The zero-order chi connectivity index (χ0) is 14.0. The molecule has 0 amide bonds. The quantitative estimate of drug-likeness (QED) is 0.914. The van der Waals surface area contributed by atoms with Crippen LogP contribution in [0.3, 0.4) is 0 Å². The van der Waals surface area contributed by atoms with Crippen LogP contribution in [0.1, 0.15) is 37.5 Å². The maximum atomic E-state index is 13.7. The van der Waals surface area contributed by atoms with E-state index in [9.17, 15) is 9.50 Å². The van der Waals surface area contributed by atoms with E-state index in [-0.39, 0.29) is 11.9 Å². The number of anilines is 1. The van der Waals surface area contributed by atoms with Gasteiger partial charge >= 0.3 is 0 Å². The molecule has 106 valence electrons. The summed E-state index contributed by atoms with van der Waals surface area (Å²) in [5.41, 5.74) is 2.19. The van der Waals surface area contributed by atoms with E-state index >= 15 is 0 Å². The third-order valence-corrected chi connectivity index (χ3v) is 3.69. The van der Waals surface area contributed by atoms with Crippen molar-refractivity contribution in [3.63, 3.8) is 0 Å². The van der Waals surface area contributed by atoms with E-state index in [2.05, 4.69) is 11.8 Å². The molecule has 0 aromatic heterocycles. The van der Waals surface area contributed by atoms with E-state index in [0.717, 1.165) is 25.2 Å². The van der Waals surface area contributed by atoms with Crippen LogP contribution < -0.4 is 4.90 Å². The first-order chi connectivity index (χ1) is 9.02. The van der Waals surface area contributed by atoms with Crippen molar-refractivity contribution in [1.29, 1.82) is 0 Å². The molecule has 0 saturated carbocycles. The first kappa shape index (κ1) is 14.3. The number of hydrogen-bond acceptors (Lipinski definition) is 3. The van der Waals surface area contributed by atoms with Crippen LogP contribution in [-0.2, 0) is 4.74 Å². The van der Waals surface area contributed by atoms with Gasteiger partial charge in [-0.25, -0.2) is 4.39 Å². The summed E-state index contributed by atoms with van der Waals surface area (Å²) in [7, 11) is 0. The van der Waals surface area contributed by atoms with Crippen molar-refractivity contribution in [3.05, 3.63) is 29.1 Å². The number of nitrogens with zero attached hydrogens (tertiary/aromatic N) is 1. The van der Waals surface area contributed by atoms with Gasteiger partial charge in [0.05, 0.1) is 18.8 Å². The zero-order valence-corrected chi connectivity index (χ0v) is 11.8. The van der Waals surface area contributed by atoms with E-state index in [1.807, 2.05) is 6.07 Å². The van der Waals surface area contributed by atoms with Gasteiger partial charge in [0.2, 0.25) is 0 Å². The van der Waals surface area contributed by atoms with Gasteiger partial charge in [0.25, 0.3) is 0 Å². The van der Waals surface area contributed by atoms with Crippen molar-refractivity contribution in [3.8, 4) is 0 Å². The molecule has 1 fully saturated rings. The highest BCUT2D eigenvalue weighted by molar-refractivity contribution is 5.57. The van der Waals surface area contributed by atoms with E-state index in [1.165, 1.54) is 6.07 Å². The highest BCUT2D eigenvalue weighted by Crippen LogP contribution is 2.30. The van der Waals surface area contributed by atoms with Crippen LogP contribution in [0.5, 0.6) is 0 Å². The van der Waals surface area contributed by atoms with Gasteiger partial charge in [-0.2, -0.15) is 0 Å². The number of benzene rings is 1. The molecule has 0 bridgehead atoms. The van der Waals surface area contributed by atoms with E-state index in [4.69, 9.17) is 4.74 Å². The molecule has 1 unspecified atom stereocenters. The number of halogens is 1. The van der Waals surface area contributed by atoms with E-state index in [0.29, 0.717) is 17.7 Å². The van der Waals surface area contributed by atoms with Gasteiger partial charge < -0.3 is 14.7 Å². The highest BCUT2D eigenvalue weighted by atomic mass is 19.1. The second kappa shape index (κ2) is 5.88. The lowest BCUT2D eigenvalue weighted by atomic mass is 10.0. The SMILES string of the molecule is CCC1CN(c2cc(C)c(F)cc2[C@H](C)O)CCO1. The van der Waals surface area contributed by atoms with Crippen LogP contribution in [0.2, 0.25) is 0 Å². The Kier molecular flexibility index (Phi) is 4.42. The van der Waals surface area contributed by atoms with Crippen LogP contribution >= 0.6 is 0 Å². The number of hydrogen-bond donors (Lipinski definition) is 1. The Bertz CT molecular complexity index is 448. The molecule has 1 N–H and O–H groups in total. The minimum atomic E-state index is -0.673. The molecular formula is C15H22FNO2. The van der Waals surface area contributed by atoms with Crippen molar-refractivity contribution in [2.45, 2.75) is 39.4 Å². The standard InChI is InChI=1S/C15H22FNO2/c1-4-12-9-17(5-6-19-12)15-7-10(2)14(16)8-13(15)11(3)18/h7-8,11-12,18H,4-6,9H2,1-3H3/t11-,12?/m0/s1. The second-order valence-electron chi connectivity index (χ2n) is 5.18. The topological polar surface area (TPSA) is 32.7 Å². The molecule has 0 radical (unpaired) electrons. The number of morpholine rings is 1. The fraction of sp³-hybridized carbons (Fsp3) is 0.600. The van der Waals surface area contributed by atoms with Gasteiger partial charge in [0, 0.05) is 24.3 Å².